The number of nitrogens with one attached hydrogen (secondary N) is 2. The van der Waals surface area contributed by atoms with Crippen molar-refractivity contribution in [2.45, 2.75) is 194 Å². The van der Waals surface area contributed by atoms with Gasteiger partial charge in [0.1, 0.15) is 0 Å². The maximum Gasteiger partial charge on any atom is 0.297 e. The highest BCUT2D eigenvalue weighted by molar-refractivity contribution is 5.95. The van der Waals surface area contributed by atoms with Crippen molar-refractivity contribution in [3.05, 3.63) is 0 Å². The van der Waals surface area contributed by atoms with E-state index in [1.54, 1.807) is 0 Å². The van der Waals surface area contributed by atoms with Crippen molar-refractivity contribution in [3.8, 4) is 23.7 Å². The lowest BCUT2D eigenvalue weighted by Crippen LogP contribution is -2.36. The van der Waals surface area contributed by atoms with Crippen LogP contribution in [0.25, 0.3) is 0 Å². The summed E-state index contributed by atoms with van der Waals surface area (Å²) >= 11 is 0. The summed E-state index contributed by atoms with van der Waals surface area (Å²) in [6.07, 6.45) is 36.0. The average Bonchev–Trinajstić information content (AvgIpc) is 2.97. The first kappa shape index (κ1) is 39.1. The second-order valence-electron chi connectivity index (χ2n) is 11.8. The Kier molecular flexibility index (Phi) is 32.6. The molecule has 0 saturated carbocycles. The molecule has 236 valence electrons. The molecule has 0 heterocycles. The summed E-state index contributed by atoms with van der Waals surface area (Å²) in [6, 6.07) is 0. The van der Waals surface area contributed by atoms with E-state index in [9.17, 15) is 9.59 Å². The monoisotopic (exact) mass is 571 g/mol. The Bertz CT molecular complexity index is 650. The highest BCUT2D eigenvalue weighted by Gasteiger charge is 1.98. The van der Waals surface area contributed by atoms with Crippen LogP contribution < -0.4 is 10.6 Å². The Morgan fingerprint density at radius 1 is 0.390 bits per heavy atom. The molecular formula is C37H66N2O2. The molecule has 0 atom stereocenters. The Morgan fingerprint density at radius 3 is 0.902 bits per heavy atom. The van der Waals surface area contributed by atoms with Crippen molar-refractivity contribution in [1.29, 1.82) is 0 Å². The van der Waals surface area contributed by atoms with E-state index in [-0.39, 0.29) is 18.5 Å². The Hall–Kier alpha value is -1.94. The Labute approximate surface area is 255 Å². The molecule has 0 radical (unpaired) electrons. The van der Waals surface area contributed by atoms with Gasteiger partial charge in [-0.2, -0.15) is 0 Å². The highest BCUT2D eigenvalue weighted by atomic mass is 16.2. The standard InChI is InChI=1S/C37H66N2O2/c1-3-5-7-9-11-13-15-17-19-21-23-25-27-29-31-33-36(40)38-35-39-37(41)34-32-30-28-26-24-22-20-18-16-14-12-10-8-6-4-2/h3-30,35H2,1-2H3,(H,38,40)(H,39,41). The van der Waals surface area contributed by atoms with Crippen molar-refractivity contribution in [2.75, 3.05) is 6.67 Å². The molecule has 0 aliphatic heterocycles. The number of hydrogen-bond donors (Lipinski definition) is 2. The van der Waals surface area contributed by atoms with Crippen LogP contribution in [0.15, 0.2) is 0 Å². The smallest absolute Gasteiger partial charge is 0.297 e. The van der Waals surface area contributed by atoms with Crippen molar-refractivity contribution < 1.29 is 9.59 Å². The van der Waals surface area contributed by atoms with Crippen LogP contribution in [0, 0.1) is 23.7 Å². The van der Waals surface area contributed by atoms with Crippen LogP contribution in [0.5, 0.6) is 0 Å². The van der Waals surface area contributed by atoms with E-state index in [0.717, 1.165) is 25.7 Å². The lowest BCUT2D eigenvalue weighted by atomic mass is 10.0. The summed E-state index contributed by atoms with van der Waals surface area (Å²) in [5.74, 6) is 10.4. The van der Waals surface area contributed by atoms with Crippen molar-refractivity contribution in [3.63, 3.8) is 0 Å². The molecule has 0 fully saturated rings. The van der Waals surface area contributed by atoms with Gasteiger partial charge in [0.15, 0.2) is 0 Å². The van der Waals surface area contributed by atoms with Gasteiger partial charge in [0.25, 0.3) is 11.8 Å². The van der Waals surface area contributed by atoms with Gasteiger partial charge >= 0.3 is 0 Å². The van der Waals surface area contributed by atoms with Gasteiger partial charge in [-0.25, -0.2) is 0 Å². The summed E-state index contributed by atoms with van der Waals surface area (Å²) in [7, 11) is 0. The fraction of sp³-hybridized carbons (Fsp3) is 0.838. The first-order valence-electron chi connectivity index (χ1n) is 17.7. The third-order valence-corrected chi connectivity index (χ3v) is 7.71. The summed E-state index contributed by atoms with van der Waals surface area (Å²) in [6.45, 7) is 4.61. The van der Waals surface area contributed by atoms with Crippen LogP contribution in [-0.2, 0) is 9.59 Å². The van der Waals surface area contributed by atoms with Gasteiger partial charge < -0.3 is 10.6 Å². The normalized spacial score (nSPS) is 10.4. The van der Waals surface area contributed by atoms with Crippen LogP contribution in [0.1, 0.15) is 194 Å². The number of carbonyl (C=O) groups is 2. The maximum absolute atomic E-state index is 11.8. The molecular weight excluding hydrogens is 504 g/mol. The molecule has 0 unspecified atom stereocenters. The second kappa shape index (κ2) is 34.3. The van der Waals surface area contributed by atoms with Crippen LogP contribution in [0.3, 0.4) is 0 Å². The lowest BCUT2D eigenvalue weighted by Gasteiger charge is -2.02. The van der Waals surface area contributed by atoms with E-state index < -0.39 is 0 Å². The van der Waals surface area contributed by atoms with E-state index in [1.807, 2.05) is 0 Å². The predicted octanol–water partition coefficient (Wildman–Crippen LogP) is 10.1. The van der Waals surface area contributed by atoms with Crippen LogP contribution >= 0.6 is 0 Å². The molecule has 0 aliphatic rings. The van der Waals surface area contributed by atoms with Gasteiger partial charge in [0.05, 0.1) is 6.67 Å². The molecule has 4 heteroatoms. The van der Waals surface area contributed by atoms with Crippen LogP contribution in [0.4, 0.5) is 0 Å². The Balaban J connectivity index is 3.45. The minimum Gasteiger partial charge on any atom is -0.328 e. The van der Waals surface area contributed by atoms with E-state index >= 15 is 0 Å². The largest absolute Gasteiger partial charge is 0.328 e. The molecule has 0 saturated heterocycles. The molecule has 0 spiro atoms. The van der Waals surface area contributed by atoms with E-state index in [4.69, 9.17) is 0 Å². The summed E-state index contributed by atoms with van der Waals surface area (Å²) < 4.78 is 0. The minimum absolute atomic E-state index is 0.0680. The Morgan fingerprint density at radius 2 is 0.634 bits per heavy atom. The topological polar surface area (TPSA) is 58.2 Å². The molecule has 0 rings (SSSR count). The quantitative estimate of drug-likeness (QED) is 0.0558. The van der Waals surface area contributed by atoms with Gasteiger partial charge in [-0.15, -0.1) is 0 Å². The fourth-order valence-electron chi connectivity index (χ4n) is 5.04. The van der Waals surface area contributed by atoms with Crippen LogP contribution in [0.2, 0.25) is 0 Å². The first-order chi connectivity index (χ1) is 20.2. The van der Waals surface area contributed by atoms with E-state index in [1.165, 1.54) is 154 Å². The molecule has 0 aliphatic carbocycles. The van der Waals surface area contributed by atoms with Gasteiger partial charge in [-0.05, 0) is 24.7 Å². The minimum atomic E-state index is -0.347. The van der Waals surface area contributed by atoms with E-state index in [2.05, 4.69) is 48.2 Å². The van der Waals surface area contributed by atoms with Crippen molar-refractivity contribution in [2.24, 2.45) is 0 Å². The molecule has 0 aromatic carbocycles. The summed E-state index contributed by atoms with van der Waals surface area (Å²) in [5, 5.41) is 5.21. The van der Waals surface area contributed by atoms with Gasteiger partial charge in [0, 0.05) is 12.8 Å². The van der Waals surface area contributed by atoms with Crippen LogP contribution in [-0.4, -0.2) is 18.5 Å². The summed E-state index contributed by atoms with van der Waals surface area (Å²) in [4.78, 5) is 23.6. The molecule has 0 aromatic heterocycles. The number of rotatable bonds is 28. The fourth-order valence-corrected chi connectivity index (χ4v) is 5.04. The third-order valence-electron chi connectivity index (χ3n) is 7.71. The zero-order valence-electron chi connectivity index (χ0n) is 27.3. The average molecular weight is 571 g/mol. The molecule has 0 aromatic rings. The third kappa shape index (κ3) is 34.2. The molecule has 2 N–H and O–H groups in total. The molecule has 0 bridgehead atoms. The number of unbranched alkanes of at least 4 members (excludes halogenated alkanes) is 26. The number of carbonyl (C=O) groups excluding carboxylic acids is 2. The first-order valence-corrected chi connectivity index (χ1v) is 17.7. The SMILES string of the molecule is CCCCCCCCCCCCCCCC#CC(=O)NCNC(=O)C#CCCCCCCCCCCCCCCC. The zero-order valence-corrected chi connectivity index (χ0v) is 27.3. The summed E-state index contributed by atoms with van der Waals surface area (Å²) in [5.41, 5.74) is 0. The zero-order chi connectivity index (χ0) is 29.9. The predicted molar refractivity (Wildman–Crippen MR) is 177 cm³/mol. The van der Waals surface area contributed by atoms with Gasteiger partial charge in [-0.3, -0.25) is 9.59 Å². The maximum atomic E-state index is 11.8. The van der Waals surface area contributed by atoms with E-state index in [0.29, 0.717) is 0 Å². The van der Waals surface area contributed by atoms with Crippen molar-refractivity contribution in [1.82, 2.24) is 10.6 Å². The van der Waals surface area contributed by atoms with Crippen molar-refractivity contribution >= 4 is 11.8 Å². The number of hydrogen-bond acceptors (Lipinski definition) is 2. The van der Waals surface area contributed by atoms with Gasteiger partial charge in [-0.1, -0.05) is 180 Å². The molecule has 2 amide bonds. The van der Waals surface area contributed by atoms with Gasteiger partial charge in [0.2, 0.25) is 0 Å². The number of amides is 2. The lowest BCUT2D eigenvalue weighted by molar-refractivity contribution is -0.117. The second-order valence-corrected chi connectivity index (χ2v) is 11.8. The highest BCUT2D eigenvalue weighted by Crippen LogP contribution is 2.14. The molecule has 4 nitrogen and oxygen atoms in total. The molecule has 41 heavy (non-hydrogen) atoms.